The minimum Gasteiger partial charge on any atom is -0.488 e. The SMILES string of the molecule is C[C@@H](COC(F)F)Oc1cc(Oc2ccc(C(=O)N3CCC3)nc2)cc(C(=O)NC(=N)/C=C\N(C)C)c1. The number of ether oxygens (including phenoxy) is 3. The molecule has 0 bridgehead atoms. The molecule has 1 aromatic heterocycles. The van der Waals surface area contributed by atoms with Gasteiger partial charge in [0.2, 0.25) is 0 Å². The van der Waals surface area contributed by atoms with Crippen molar-refractivity contribution in [2.24, 2.45) is 0 Å². The quantitative estimate of drug-likeness (QED) is 0.346. The number of carbonyl (C=O) groups excluding carboxylic acids is 2. The van der Waals surface area contributed by atoms with Gasteiger partial charge >= 0.3 is 6.61 Å². The zero-order valence-electron chi connectivity index (χ0n) is 20.7. The highest BCUT2D eigenvalue weighted by Crippen LogP contribution is 2.28. The lowest BCUT2D eigenvalue weighted by Gasteiger charge is -2.30. The molecule has 1 saturated heterocycles. The average Bonchev–Trinajstić information content (AvgIpc) is 2.80. The van der Waals surface area contributed by atoms with Crippen LogP contribution in [0.15, 0.2) is 48.8 Å². The van der Waals surface area contributed by atoms with Gasteiger partial charge in [0.05, 0.1) is 12.8 Å². The first-order valence-electron chi connectivity index (χ1n) is 11.5. The number of nitrogens with one attached hydrogen (secondary N) is 2. The normalized spacial score (nSPS) is 13.7. The van der Waals surface area contributed by atoms with Crippen LogP contribution >= 0.6 is 0 Å². The maximum absolute atomic E-state index is 12.8. The molecular weight excluding hydrogens is 488 g/mol. The minimum atomic E-state index is -2.94. The van der Waals surface area contributed by atoms with Crippen LogP contribution in [0.4, 0.5) is 8.78 Å². The predicted molar refractivity (Wildman–Crippen MR) is 131 cm³/mol. The molecule has 0 unspecified atom stereocenters. The van der Waals surface area contributed by atoms with Crippen LogP contribution in [0.25, 0.3) is 0 Å². The summed E-state index contributed by atoms with van der Waals surface area (Å²) in [6.07, 6.45) is 4.62. The van der Waals surface area contributed by atoms with Gasteiger partial charge in [0.15, 0.2) is 0 Å². The van der Waals surface area contributed by atoms with Crippen LogP contribution in [0.1, 0.15) is 34.2 Å². The number of benzene rings is 1. The Bertz CT molecular complexity index is 1140. The summed E-state index contributed by atoms with van der Waals surface area (Å²) in [6.45, 7) is -0.360. The number of nitrogens with zero attached hydrogens (tertiary/aromatic N) is 3. The summed E-state index contributed by atoms with van der Waals surface area (Å²) >= 11 is 0. The summed E-state index contributed by atoms with van der Waals surface area (Å²) < 4.78 is 40.5. The Morgan fingerprint density at radius 1 is 1.19 bits per heavy atom. The molecule has 1 aliphatic rings. The summed E-state index contributed by atoms with van der Waals surface area (Å²) in [7, 11) is 3.55. The molecule has 2 amide bonds. The second kappa shape index (κ2) is 12.8. The van der Waals surface area contributed by atoms with E-state index in [2.05, 4.69) is 15.0 Å². The molecule has 1 aromatic carbocycles. The molecule has 0 spiro atoms. The van der Waals surface area contributed by atoms with Gasteiger partial charge in [-0.25, -0.2) is 4.98 Å². The second-order valence-corrected chi connectivity index (χ2v) is 8.49. The van der Waals surface area contributed by atoms with E-state index in [1.165, 1.54) is 37.4 Å². The number of alkyl halides is 2. The molecule has 3 rings (SSSR count). The molecular formula is C25H29F2N5O5. The average molecular weight is 518 g/mol. The van der Waals surface area contributed by atoms with Gasteiger partial charge in [-0.1, -0.05) is 0 Å². The van der Waals surface area contributed by atoms with Crippen molar-refractivity contribution >= 4 is 17.6 Å². The van der Waals surface area contributed by atoms with Gasteiger partial charge in [-0.3, -0.25) is 15.0 Å². The van der Waals surface area contributed by atoms with Crippen molar-refractivity contribution in [3.05, 3.63) is 60.1 Å². The van der Waals surface area contributed by atoms with Crippen LogP contribution in [-0.2, 0) is 4.74 Å². The topological polar surface area (TPSA) is 117 Å². The number of halogens is 2. The van der Waals surface area contributed by atoms with E-state index in [0.29, 0.717) is 24.5 Å². The molecule has 1 fully saturated rings. The van der Waals surface area contributed by atoms with Crippen molar-refractivity contribution in [1.82, 2.24) is 20.1 Å². The Labute approximate surface area is 213 Å². The number of rotatable bonds is 11. The zero-order chi connectivity index (χ0) is 26.9. The molecule has 2 heterocycles. The van der Waals surface area contributed by atoms with Crippen molar-refractivity contribution in [1.29, 1.82) is 5.41 Å². The first-order valence-corrected chi connectivity index (χ1v) is 11.5. The highest BCUT2D eigenvalue weighted by atomic mass is 19.3. The highest BCUT2D eigenvalue weighted by Gasteiger charge is 2.22. The molecule has 1 aliphatic heterocycles. The number of amidine groups is 1. The van der Waals surface area contributed by atoms with Crippen molar-refractivity contribution < 1.29 is 32.6 Å². The fourth-order valence-corrected chi connectivity index (χ4v) is 3.15. The maximum atomic E-state index is 12.8. The summed E-state index contributed by atoms with van der Waals surface area (Å²) in [5, 5.41) is 10.4. The molecule has 0 aliphatic carbocycles. The van der Waals surface area contributed by atoms with Crippen LogP contribution in [-0.4, -0.2) is 78.9 Å². The Kier molecular flexibility index (Phi) is 9.50. The molecule has 1 atom stereocenters. The number of pyridine rings is 1. The van der Waals surface area contributed by atoms with Crippen LogP contribution in [0.2, 0.25) is 0 Å². The summed E-state index contributed by atoms with van der Waals surface area (Å²) in [6, 6.07) is 7.44. The van der Waals surface area contributed by atoms with Gasteiger partial charge in [0.1, 0.15) is 34.9 Å². The van der Waals surface area contributed by atoms with Crippen LogP contribution < -0.4 is 14.8 Å². The third-order valence-corrected chi connectivity index (χ3v) is 5.06. The third-order valence-electron chi connectivity index (χ3n) is 5.06. The van der Waals surface area contributed by atoms with E-state index in [-0.39, 0.29) is 35.4 Å². The van der Waals surface area contributed by atoms with E-state index in [0.717, 1.165) is 6.42 Å². The molecule has 10 nitrogen and oxygen atoms in total. The highest BCUT2D eigenvalue weighted by molar-refractivity contribution is 6.09. The van der Waals surface area contributed by atoms with Crippen molar-refractivity contribution in [2.45, 2.75) is 26.1 Å². The number of amides is 2. The van der Waals surface area contributed by atoms with Crippen LogP contribution in [0.3, 0.4) is 0 Å². The summed E-state index contributed by atoms with van der Waals surface area (Å²) in [5.41, 5.74) is 0.399. The Hall–Kier alpha value is -4.06. The van der Waals surface area contributed by atoms with Gasteiger partial charge in [0, 0.05) is 45.0 Å². The van der Waals surface area contributed by atoms with Gasteiger partial charge in [-0.15, -0.1) is 0 Å². The second-order valence-electron chi connectivity index (χ2n) is 8.49. The number of aromatic nitrogens is 1. The van der Waals surface area contributed by atoms with E-state index < -0.39 is 18.6 Å². The third kappa shape index (κ3) is 8.53. The fraction of sp³-hybridized carbons (Fsp3) is 0.360. The van der Waals surface area contributed by atoms with E-state index in [9.17, 15) is 18.4 Å². The van der Waals surface area contributed by atoms with Gasteiger partial charge in [0.25, 0.3) is 11.8 Å². The van der Waals surface area contributed by atoms with E-state index >= 15 is 0 Å². The maximum Gasteiger partial charge on any atom is 0.345 e. The van der Waals surface area contributed by atoms with Crippen molar-refractivity contribution in [2.75, 3.05) is 33.8 Å². The fourth-order valence-electron chi connectivity index (χ4n) is 3.15. The largest absolute Gasteiger partial charge is 0.488 e. The molecule has 12 heteroatoms. The van der Waals surface area contributed by atoms with Gasteiger partial charge in [-0.2, -0.15) is 8.78 Å². The lowest BCUT2D eigenvalue weighted by Crippen LogP contribution is -2.42. The lowest BCUT2D eigenvalue weighted by molar-refractivity contribution is -0.142. The van der Waals surface area contributed by atoms with Crippen molar-refractivity contribution in [3.8, 4) is 17.2 Å². The molecule has 0 saturated carbocycles. The zero-order valence-corrected chi connectivity index (χ0v) is 20.7. The molecule has 198 valence electrons. The number of hydrogen-bond acceptors (Lipinski definition) is 8. The standard InChI is InChI=1S/C25H29F2N5O5/c1-16(15-35-25(26)27)36-19-11-17(23(33)30-22(28)7-10-31(2)3)12-20(13-19)37-18-5-6-21(29-14-18)24(34)32-8-4-9-32/h5-7,10-14,16,25H,4,8-9,15H2,1-3H3,(H2,28,30,33)/b10-7-/t16-/m0/s1. The predicted octanol–water partition coefficient (Wildman–Crippen LogP) is 3.51. The van der Waals surface area contributed by atoms with Crippen LogP contribution in [0, 0.1) is 5.41 Å². The smallest absolute Gasteiger partial charge is 0.345 e. The number of likely N-dealkylation sites (tertiary alicyclic amines) is 1. The van der Waals surface area contributed by atoms with E-state index in [4.69, 9.17) is 14.9 Å². The Morgan fingerprint density at radius 2 is 1.92 bits per heavy atom. The Morgan fingerprint density at radius 3 is 2.51 bits per heavy atom. The Balaban J connectivity index is 1.78. The number of carbonyl (C=O) groups is 2. The molecule has 0 radical (unpaired) electrons. The lowest BCUT2D eigenvalue weighted by atomic mass is 10.1. The molecule has 2 aromatic rings. The summed E-state index contributed by atoms with van der Waals surface area (Å²) in [5.74, 6) is -0.228. The van der Waals surface area contributed by atoms with Crippen molar-refractivity contribution in [3.63, 3.8) is 0 Å². The van der Waals surface area contributed by atoms with Gasteiger partial charge < -0.3 is 29.3 Å². The summed E-state index contributed by atoms with van der Waals surface area (Å²) in [4.78, 5) is 32.7. The van der Waals surface area contributed by atoms with E-state index in [1.54, 1.807) is 42.2 Å². The van der Waals surface area contributed by atoms with E-state index in [1.807, 2.05) is 0 Å². The first-order chi connectivity index (χ1) is 17.6. The molecule has 2 N–H and O–H groups in total. The van der Waals surface area contributed by atoms with Crippen LogP contribution in [0.5, 0.6) is 17.2 Å². The monoisotopic (exact) mass is 517 g/mol. The molecule has 37 heavy (non-hydrogen) atoms. The first kappa shape index (κ1) is 27.5. The minimum absolute atomic E-state index is 0.107. The van der Waals surface area contributed by atoms with Gasteiger partial charge in [-0.05, 0) is 43.7 Å². The number of hydrogen-bond donors (Lipinski definition) is 2.